The third-order valence-corrected chi connectivity index (χ3v) is 3.60. The molecule has 3 heteroatoms. The second kappa shape index (κ2) is 6.46. The third kappa shape index (κ3) is 4.01. The van der Waals surface area contributed by atoms with Crippen LogP contribution in [-0.4, -0.2) is 10.7 Å². The molecule has 0 radical (unpaired) electrons. The van der Waals surface area contributed by atoms with Gasteiger partial charge in [-0.3, -0.25) is 0 Å². The number of unbranched alkanes of at least 4 members (excludes halogenated alkanes) is 1. The Morgan fingerprint density at radius 1 is 1.43 bits per heavy atom. The highest BCUT2D eigenvalue weighted by Gasteiger charge is 2.00. The summed E-state index contributed by atoms with van der Waals surface area (Å²) in [6, 6.07) is 4.17. The van der Waals surface area contributed by atoms with Gasteiger partial charge in [-0.25, -0.2) is 4.98 Å². The average molecular weight is 274 g/mol. The fourth-order valence-corrected chi connectivity index (χ4v) is 2.70. The summed E-state index contributed by atoms with van der Waals surface area (Å²) < 4.78 is 0.928. The lowest BCUT2D eigenvalue weighted by Crippen LogP contribution is -1.91. The molecule has 0 amide bonds. The second-order valence-electron chi connectivity index (χ2n) is 3.28. The molecule has 1 aromatic heterocycles. The first-order valence-electron chi connectivity index (χ1n) is 4.93. The van der Waals surface area contributed by atoms with Gasteiger partial charge in [-0.15, -0.1) is 0 Å². The lowest BCUT2D eigenvalue weighted by molar-refractivity contribution is 0.896. The molecule has 1 heterocycles. The Morgan fingerprint density at radius 2 is 2.21 bits per heavy atom. The van der Waals surface area contributed by atoms with Crippen LogP contribution in [0, 0.1) is 6.92 Å². The van der Waals surface area contributed by atoms with Crippen molar-refractivity contribution in [3.8, 4) is 0 Å². The van der Waals surface area contributed by atoms with Gasteiger partial charge in [0.2, 0.25) is 0 Å². The summed E-state index contributed by atoms with van der Waals surface area (Å²) in [5.41, 5.74) is 2.50. The summed E-state index contributed by atoms with van der Waals surface area (Å²) in [5.74, 6) is 2.35. The Morgan fingerprint density at radius 3 is 2.86 bits per heavy atom. The van der Waals surface area contributed by atoms with Crippen LogP contribution >= 0.6 is 27.7 Å². The Kier molecular flexibility index (Phi) is 5.56. The maximum absolute atomic E-state index is 4.38. The summed E-state index contributed by atoms with van der Waals surface area (Å²) in [6.45, 7) is 4.30. The minimum atomic E-state index is 0.928. The Labute approximate surface area is 98.8 Å². The van der Waals surface area contributed by atoms with E-state index in [-0.39, 0.29) is 0 Å². The van der Waals surface area contributed by atoms with E-state index in [0.29, 0.717) is 0 Å². The largest absolute Gasteiger partial charge is 0.246 e. The molecule has 0 fully saturated rings. The standard InChI is InChI=1S/C11H16BrNS/c1-3-4-7-14-8-10-5-6-11(12)13-9(10)2/h5-6H,3-4,7-8H2,1-2H3. The molecule has 0 aliphatic carbocycles. The highest BCUT2D eigenvalue weighted by Crippen LogP contribution is 2.18. The average Bonchev–Trinajstić information content (AvgIpc) is 2.15. The van der Waals surface area contributed by atoms with Crippen molar-refractivity contribution in [1.29, 1.82) is 0 Å². The van der Waals surface area contributed by atoms with E-state index in [2.05, 4.69) is 40.8 Å². The van der Waals surface area contributed by atoms with Gasteiger partial charge >= 0.3 is 0 Å². The van der Waals surface area contributed by atoms with E-state index in [0.717, 1.165) is 16.0 Å². The number of aryl methyl sites for hydroxylation is 1. The van der Waals surface area contributed by atoms with Crippen LogP contribution in [0.2, 0.25) is 0 Å². The zero-order valence-electron chi connectivity index (χ0n) is 8.72. The third-order valence-electron chi connectivity index (χ3n) is 2.06. The molecule has 0 unspecified atom stereocenters. The molecular formula is C11H16BrNS. The van der Waals surface area contributed by atoms with Crippen LogP contribution in [0.15, 0.2) is 16.7 Å². The number of pyridine rings is 1. The van der Waals surface area contributed by atoms with E-state index in [1.54, 1.807) is 0 Å². The van der Waals surface area contributed by atoms with Crippen LogP contribution in [-0.2, 0) is 5.75 Å². The summed E-state index contributed by atoms with van der Waals surface area (Å²) in [5, 5.41) is 0. The first kappa shape index (κ1) is 12.1. The number of aromatic nitrogens is 1. The van der Waals surface area contributed by atoms with Gasteiger partial charge in [0.25, 0.3) is 0 Å². The van der Waals surface area contributed by atoms with Crippen LogP contribution in [0.3, 0.4) is 0 Å². The van der Waals surface area contributed by atoms with Crippen molar-refractivity contribution in [3.63, 3.8) is 0 Å². The van der Waals surface area contributed by atoms with Gasteiger partial charge in [0.05, 0.1) is 0 Å². The molecule has 0 bridgehead atoms. The number of thioether (sulfide) groups is 1. The van der Waals surface area contributed by atoms with Gasteiger partial charge in [-0.1, -0.05) is 19.4 Å². The fourth-order valence-electron chi connectivity index (χ4n) is 1.14. The topological polar surface area (TPSA) is 12.9 Å². The van der Waals surface area contributed by atoms with Gasteiger partial charge in [0, 0.05) is 11.4 Å². The first-order valence-corrected chi connectivity index (χ1v) is 6.88. The lowest BCUT2D eigenvalue weighted by Gasteiger charge is -2.04. The van der Waals surface area contributed by atoms with Crippen molar-refractivity contribution >= 4 is 27.7 Å². The maximum atomic E-state index is 4.38. The van der Waals surface area contributed by atoms with Crippen LogP contribution < -0.4 is 0 Å². The van der Waals surface area contributed by atoms with Crippen molar-refractivity contribution in [2.24, 2.45) is 0 Å². The Bertz CT molecular complexity index is 289. The SMILES string of the molecule is CCCCSCc1ccc(Br)nc1C. The summed E-state index contributed by atoms with van der Waals surface area (Å²) in [6.07, 6.45) is 2.60. The van der Waals surface area contributed by atoms with Gasteiger partial charge < -0.3 is 0 Å². The van der Waals surface area contributed by atoms with Crippen LogP contribution in [0.5, 0.6) is 0 Å². The van der Waals surface area contributed by atoms with Crippen LogP contribution in [0.1, 0.15) is 31.0 Å². The Balaban J connectivity index is 2.42. The summed E-state index contributed by atoms with van der Waals surface area (Å²) in [4.78, 5) is 4.38. The van der Waals surface area contributed by atoms with Gasteiger partial charge in [0.1, 0.15) is 4.60 Å². The van der Waals surface area contributed by atoms with E-state index in [4.69, 9.17) is 0 Å². The smallest absolute Gasteiger partial charge is 0.106 e. The van der Waals surface area contributed by atoms with Crippen molar-refractivity contribution in [3.05, 3.63) is 28.0 Å². The summed E-state index contributed by atoms with van der Waals surface area (Å²) in [7, 11) is 0. The minimum Gasteiger partial charge on any atom is -0.246 e. The predicted molar refractivity (Wildman–Crippen MR) is 67.7 cm³/mol. The van der Waals surface area contributed by atoms with E-state index >= 15 is 0 Å². The van der Waals surface area contributed by atoms with Crippen LogP contribution in [0.25, 0.3) is 0 Å². The number of rotatable bonds is 5. The zero-order valence-corrected chi connectivity index (χ0v) is 11.1. The first-order chi connectivity index (χ1) is 6.74. The maximum Gasteiger partial charge on any atom is 0.106 e. The molecule has 1 nitrogen and oxygen atoms in total. The Hall–Kier alpha value is -0.0200. The van der Waals surface area contributed by atoms with Crippen LogP contribution in [0.4, 0.5) is 0 Å². The molecule has 0 saturated carbocycles. The van der Waals surface area contributed by atoms with E-state index in [1.807, 2.05) is 17.8 Å². The highest BCUT2D eigenvalue weighted by atomic mass is 79.9. The quantitative estimate of drug-likeness (QED) is 0.590. The van der Waals surface area contributed by atoms with Crippen molar-refractivity contribution in [2.75, 3.05) is 5.75 Å². The molecular weight excluding hydrogens is 258 g/mol. The van der Waals surface area contributed by atoms with Crippen molar-refractivity contribution in [1.82, 2.24) is 4.98 Å². The number of nitrogens with zero attached hydrogens (tertiary/aromatic N) is 1. The molecule has 14 heavy (non-hydrogen) atoms. The molecule has 0 spiro atoms. The molecule has 1 aromatic rings. The monoisotopic (exact) mass is 273 g/mol. The second-order valence-corrected chi connectivity index (χ2v) is 5.20. The van der Waals surface area contributed by atoms with Gasteiger partial charge in [-0.05, 0) is 46.7 Å². The fraction of sp³-hybridized carbons (Fsp3) is 0.545. The zero-order chi connectivity index (χ0) is 10.4. The molecule has 0 saturated heterocycles. The molecule has 0 aromatic carbocycles. The van der Waals surface area contributed by atoms with Crippen molar-refractivity contribution in [2.45, 2.75) is 32.4 Å². The molecule has 0 N–H and O–H groups in total. The minimum absolute atomic E-state index is 0.928. The molecule has 1 rings (SSSR count). The van der Waals surface area contributed by atoms with E-state index < -0.39 is 0 Å². The normalized spacial score (nSPS) is 10.5. The van der Waals surface area contributed by atoms with Gasteiger partial charge in [-0.2, -0.15) is 11.8 Å². The van der Waals surface area contributed by atoms with E-state index in [1.165, 1.54) is 24.2 Å². The molecule has 78 valence electrons. The van der Waals surface area contributed by atoms with Crippen molar-refractivity contribution < 1.29 is 0 Å². The number of hydrogen-bond donors (Lipinski definition) is 0. The molecule has 0 aliphatic heterocycles. The van der Waals surface area contributed by atoms with E-state index in [9.17, 15) is 0 Å². The number of hydrogen-bond acceptors (Lipinski definition) is 2. The predicted octanol–water partition coefficient (Wildman–Crippen LogP) is 4.19. The lowest BCUT2D eigenvalue weighted by atomic mass is 10.2. The van der Waals surface area contributed by atoms with Gasteiger partial charge in [0.15, 0.2) is 0 Å². The molecule has 0 aliphatic rings. The number of halogens is 1. The highest BCUT2D eigenvalue weighted by molar-refractivity contribution is 9.10. The summed E-state index contributed by atoms with van der Waals surface area (Å²) >= 11 is 5.37. The molecule has 0 atom stereocenters.